The molecule has 0 aromatic heterocycles. The number of nitro groups is 1. The van der Waals surface area contributed by atoms with Gasteiger partial charge in [0.15, 0.2) is 16.4 Å². The van der Waals surface area contributed by atoms with E-state index in [0.29, 0.717) is 0 Å². The topological polar surface area (TPSA) is 179 Å². The number of benzene rings is 2. The number of carbonyl (C=O) groups excluding carboxylic acids is 2. The van der Waals surface area contributed by atoms with E-state index in [1.807, 2.05) is 0 Å². The number of rotatable bonds is 8. The molecule has 0 bridgehead atoms. The number of para-hydroxylation sites is 1. The van der Waals surface area contributed by atoms with Gasteiger partial charge in [0.1, 0.15) is 0 Å². The van der Waals surface area contributed by atoms with E-state index in [9.17, 15) is 36.5 Å². The Hall–Kier alpha value is -3.52. The minimum Gasteiger partial charge on any atom is -0.452 e. The number of non-ortho nitro benzene ring substituents is 1. The zero-order valence-corrected chi connectivity index (χ0v) is 18.6. The first-order chi connectivity index (χ1) is 15.5. The smallest absolute Gasteiger partial charge is 0.340 e. The van der Waals surface area contributed by atoms with Gasteiger partial charge in [0, 0.05) is 18.2 Å². The highest BCUT2D eigenvalue weighted by atomic mass is 32.2. The molecule has 1 heterocycles. The molecule has 0 unspecified atom stereocenters. The van der Waals surface area contributed by atoms with Crippen molar-refractivity contribution >= 4 is 43.1 Å². The zero-order valence-electron chi connectivity index (χ0n) is 17.0. The number of hydrogen-bond acceptors (Lipinski definition) is 9. The summed E-state index contributed by atoms with van der Waals surface area (Å²) < 4.78 is 55.4. The van der Waals surface area contributed by atoms with Gasteiger partial charge in [0.05, 0.1) is 32.6 Å². The van der Waals surface area contributed by atoms with E-state index in [1.165, 1.54) is 30.3 Å². The van der Waals surface area contributed by atoms with Gasteiger partial charge in [-0.15, -0.1) is 0 Å². The van der Waals surface area contributed by atoms with Crippen LogP contribution in [0.15, 0.2) is 53.4 Å². The van der Waals surface area contributed by atoms with Crippen LogP contribution < -0.4 is 10.0 Å². The van der Waals surface area contributed by atoms with Gasteiger partial charge < -0.3 is 10.1 Å². The first-order valence-corrected chi connectivity index (χ1v) is 12.8. The predicted molar refractivity (Wildman–Crippen MR) is 116 cm³/mol. The molecule has 1 fully saturated rings. The lowest BCUT2D eigenvalue weighted by Gasteiger charge is -2.13. The second-order valence-electron chi connectivity index (χ2n) is 7.15. The van der Waals surface area contributed by atoms with Crippen LogP contribution in [0.1, 0.15) is 16.8 Å². The highest BCUT2D eigenvalue weighted by molar-refractivity contribution is 7.92. The Morgan fingerprint density at radius 2 is 1.88 bits per heavy atom. The maximum atomic E-state index is 12.7. The minimum absolute atomic E-state index is 0.0319. The van der Waals surface area contributed by atoms with Gasteiger partial charge in [0.2, 0.25) is 0 Å². The number of amides is 1. The molecule has 2 N–H and O–H groups in total. The third-order valence-electron chi connectivity index (χ3n) is 4.66. The van der Waals surface area contributed by atoms with Crippen molar-refractivity contribution in [2.45, 2.75) is 17.4 Å². The predicted octanol–water partition coefficient (Wildman–Crippen LogP) is 0.856. The number of sulfonamides is 1. The normalized spacial score (nSPS) is 17.2. The Morgan fingerprint density at radius 3 is 2.55 bits per heavy atom. The molecule has 1 amide bonds. The van der Waals surface area contributed by atoms with E-state index in [2.05, 4.69) is 10.0 Å². The molecule has 1 atom stereocenters. The zero-order chi connectivity index (χ0) is 24.2. The average molecular weight is 498 g/mol. The maximum Gasteiger partial charge on any atom is 0.340 e. The number of nitro benzene ring substituents is 1. The third-order valence-corrected chi connectivity index (χ3v) is 7.79. The van der Waals surface area contributed by atoms with E-state index in [4.69, 9.17) is 4.74 Å². The van der Waals surface area contributed by atoms with Crippen LogP contribution in [0.2, 0.25) is 0 Å². The van der Waals surface area contributed by atoms with Gasteiger partial charge in [-0.2, -0.15) is 0 Å². The van der Waals surface area contributed by atoms with Crippen molar-refractivity contribution in [1.29, 1.82) is 0 Å². The van der Waals surface area contributed by atoms with E-state index >= 15 is 0 Å². The molecule has 176 valence electrons. The van der Waals surface area contributed by atoms with Crippen molar-refractivity contribution < 1.29 is 36.1 Å². The van der Waals surface area contributed by atoms with Crippen molar-refractivity contribution in [3.05, 3.63) is 64.2 Å². The molecular weight excluding hydrogens is 478 g/mol. The molecule has 3 rings (SSSR count). The Balaban J connectivity index is 1.68. The van der Waals surface area contributed by atoms with Crippen LogP contribution in [-0.4, -0.2) is 57.8 Å². The van der Waals surface area contributed by atoms with Crippen LogP contribution in [0, 0.1) is 10.1 Å². The number of carbonyl (C=O) groups is 2. The van der Waals surface area contributed by atoms with Crippen LogP contribution >= 0.6 is 0 Å². The van der Waals surface area contributed by atoms with Crippen LogP contribution in [0.25, 0.3) is 0 Å². The molecule has 1 aliphatic heterocycles. The van der Waals surface area contributed by atoms with E-state index in [0.717, 1.165) is 18.2 Å². The quantitative estimate of drug-likeness (QED) is 0.304. The Labute approximate surface area is 189 Å². The van der Waals surface area contributed by atoms with Gasteiger partial charge in [-0.1, -0.05) is 18.2 Å². The van der Waals surface area contributed by atoms with Gasteiger partial charge in [-0.25, -0.2) is 21.6 Å². The van der Waals surface area contributed by atoms with Crippen molar-refractivity contribution in [3.8, 4) is 0 Å². The molecule has 2 aromatic carbocycles. The van der Waals surface area contributed by atoms with Crippen LogP contribution in [0.4, 0.5) is 11.4 Å². The van der Waals surface area contributed by atoms with Gasteiger partial charge >= 0.3 is 5.97 Å². The fourth-order valence-corrected chi connectivity index (χ4v) is 5.90. The van der Waals surface area contributed by atoms with Crippen molar-refractivity contribution in [3.63, 3.8) is 0 Å². The Morgan fingerprint density at radius 1 is 1.15 bits per heavy atom. The molecule has 0 saturated carbocycles. The Kier molecular flexibility index (Phi) is 6.98. The maximum absolute atomic E-state index is 12.7. The number of hydrogen-bond donors (Lipinski definition) is 2. The Bertz CT molecular complexity index is 1310. The summed E-state index contributed by atoms with van der Waals surface area (Å²) in [6, 6.07) is 9.28. The van der Waals surface area contributed by atoms with Crippen LogP contribution in [0.5, 0.6) is 0 Å². The fraction of sp³-hybridized carbons (Fsp3) is 0.263. The molecule has 33 heavy (non-hydrogen) atoms. The van der Waals surface area contributed by atoms with Gasteiger partial charge in [0.25, 0.3) is 21.6 Å². The van der Waals surface area contributed by atoms with Crippen LogP contribution in [0.3, 0.4) is 0 Å². The summed E-state index contributed by atoms with van der Waals surface area (Å²) in [6.07, 6.45) is 0.268. The second kappa shape index (κ2) is 9.54. The lowest BCUT2D eigenvalue weighted by atomic mass is 10.2. The summed E-state index contributed by atoms with van der Waals surface area (Å²) in [5.41, 5.74) is -0.773. The summed E-state index contributed by atoms with van der Waals surface area (Å²) in [4.78, 5) is 34.2. The average Bonchev–Trinajstić information content (AvgIpc) is 3.10. The summed E-state index contributed by atoms with van der Waals surface area (Å²) >= 11 is 0. The van der Waals surface area contributed by atoms with E-state index < -0.39 is 55.0 Å². The second-order valence-corrected chi connectivity index (χ2v) is 11.1. The number of nitrogens with zero attached hydrogens (tertiary/aromatic N) is 1. The number of sulfone groups is 1. The van der Waals surface area contributed by atoms with E-state index in [1.54, 1.807) is 0 Å². The number of anilines is 1. The summed E-state index contributed by atoms with van der Waals surface area (Å²) in [5.74, 6) is -1.91. The molecule has 2 aromatic rings. The van der Waals surface area contributed by atoms with Crippen LogP contribution in [-0.2, 0) is 29.4 Å². The summed E-state index contributed by atoms with van der Waals surface area (Å²) in [7, 11) is -7.48. The molecule has 0 radical (unpaired) electrons. The molecule has 0 aliphatic carbocycles. The molecule has 1 aliphatic rings. The van der Waals surface area contributed by atoms with Crippen molar-refractivity contribution in [1.82, 2.24) is 5.32 Å². The monoisotopic (exact) mass is 497 g/mol. The van der Waals surface area contributed by atoms with E-state index in [-0.39, 0.29) is 34.1 Å². The molecular formula is C19H19N3O9S2. The minimum atomic E-state index is -4.28. The highest BCUT2D eigenvalue weighted by Crippen LogP contribution is 2.23. The van der Waals surface area contributed by atoms with Gasteiger partial charge in [-0.3, -0.25) is 19.6 Å². The number of ether oxygens (including phenoxy) is 1. The highest BCUT2D eigenvalue weighted by Gasteiger charge is 2.29. The summed E-state index contributed by atoms with van der Waals surface area (Å²) in [6.45, 7) is -0.693. The molecule has 0 spiro atoms. The van der Waals surface area contributed by atoms with Crippen molar-refractivity contribution in [2.24, 2.45) is 0 Å². The standard InChI is InChI=1S/C19H19N3O9S2/c23-18(20-13-8-9-32(27,28)12-13)11-31-19(24)16-6-1-2-7-17(16)21-33(29,30)15-5-3-4-14(10-15)22(25)26/h1-7,10,13,21H,8-9,11-12H2,(H,20,23)/t13-/m1/s1. The third kappa shape index (κ3) is 6.26. The number of esters is 1. The first-order valence-electron chi connectivity index (χ1n) is 9.50. The summed E-state index contributed by atoms with van der Waals surface area (Å²) in [5, 5.41) is 13.4. The largest absolute Gasteiger partial charge is 0.452 e. The number of nitrogens with one attached hydrogen (secondary N) is 2. The molecule has 12 nitrogen and oxygen atoms in total. The fourth-order valence-electron chi connectivity index (χ4n) is 3.11. The molecule has 1 saturated heterocycles. The SMILES string of the molecule is O=C(COC(=O)c1ccccc1NS(=O)(=O)c1cccc([N+](=O)[O-])c1)N[C@@H]1CCS(=O)(=O)C1. The molecule has 14 heteroatoms. The lowest BCUT2D eigenvalue weighted by molar-refractivity contribution is -0.385. The van der Waals surface area contributed by atoms with Gasteiger partial charge in [-0.05, 0) is 24.6 Å². The first kappa shape index (κ1) is 24.1. The van der Waals surface area contributed by atoms with Crippen molar-refractivity contribution in [2.75, 3.05) is 22.8 Å². The lowest BCUT2D eigenvalue weighted by Crippen LogP contribution is -2.38.